The Labute approximate surface area is 114 Å². The van der Waals surface area contributed by atoms with Gasteiger partial charge in [0.2, 0.25) is 0 Å². The fraction of sp³-hybridized carbons (Fsp3) is 0.154. The van der Waals surface area contributed by atoms with Crippen molar-refractivity contribution >= 4 is 34.4 Å². The van der Waals surface area contributed by atoms with Crippen molar-refractivity contribution in [2.75, 3.05) is 13.7 Å². The van der Waals surface area contributed by atoms with E-state index in [1.807, 2.05) is 0 Å². The van der Waals surface area contributed by atoms with Crippen LogP contribution in [-0.4, -0.2) is 30.5 Å². The maximum atomic E-state index is 11.9. The Bertz CT molecular complexity index is 643. The highest BCUT2D eigenvalue weighted by Crippen LogP contribution is 2.21. The minimum Gasteiger partial charge on any atom is -0.452 e. The Morgan fingerprint density at radius 2 is 2.11 bits per heavy atom. The lowest BCUT2D eigenvalue weighted by molar-refractivity contribution is -0.123. The highest BCUT2D eigenvalue weighted by Gasteiger charge is 2.14. The molecule has 1 amide bonds. The number of esters is 1. The normalized spacial score (nSPS) is 10.2. The molecule has 1 aromatic heterocycles. The lowest BCUT2D eigenvalue weighted by Crippen LogP contribution is -2.25. The van der Waals surface area contributed by atoms with Gasteiger partial charge >= 0.3 is 5.97 Å². The summed E-state index contributed by atoms with van der Waals surface area (Å²) in [6, 6.07) is 8.50. The van der Waals surface area contributed by atoms with Crippen LogP contribution in [0.15, 0.2) is 30.3 Å². The van der Waals surface area contributed by atoms with E-state index in [9.17, 15) is 9.59 Å². The van der Waals surface area contributed by atoms with Crippen LogP contribution in [0, 0.1) is 0 Å². The second kappa shape index (κ2) is 5.67. The molecule has 6 heteroatoms. The maximum Gasteiger partial charge on any atom is 0.339 e. The third-order valence-corrected chi connectivity index (χ3v) is 2.71. The molecule has 0 fully saturated rings. The van der Waals surface area contributed by atoms with E-state index in [1.54, 1.807) is 24.3 Å². The van der Waals surface area contributed by atoms with E-state index in [1.165, 1.54) is 13.1 Å². The number of pyridine rings is 1. The van der Waals surface area contributed by atoms with Crippen LogP contribution in [0.4, 0.5) is 0 Å². The summed E-state index contributed by atoms with van der Waals surface area (Å²) in [5, 5.41) is 3.20. The molecule has 0 unspecified atom stereocenters. The van der Waals surface area contributed by atoms with Gasteiger partial charge in [0.1, 0.15) is 5.15 Å². The number of fused-ring (bicyclic) bond motifs is 1. The molecule has 19 heavy (non-hydrogen) atoms. The largest absolute Gasteiger partial charge is 0.452 e. The fourth-order valence-corrected chi connectivity index (χ4v) is 1.79. The number of rotatable bonds is 3. The number of likely N-dealkylation sites (N-methyl/N-ethyl adjacent to an activating group) is 1. The number of para-hydroxylation sites is 1. The molecule has 1 aromatic carbocycles. The fourth-order valence-electron chi connectivity index (χ4n) is 1.59. The summed E-state index contributed by atoms with van der Waals surface area (Å²) in [5.74, 6) is -0.984. The Morgan fingerprint density at radius 3 is 2.84 bits per heavy atom. The van der Waals surface area contributed by atoms with Crippen LogP contribution in [-0.2, 0) is 9.53 Å². The number of halogens is 1. The van der Waals surface area contributed by atoms with Gasteiger partial charge in [-0.15, -0.1) is 0 Å². The first-order chi connectivity index (χ1) is 9.11. The number of carbonyl (C=O) groups excluding carboxylic acids is 2. The van der Waals surface area contributed by atoms with Crippen molar-refractivity contribution in [3.05, 3.63) is 41.0 Å². The molecule has 1 N–H and O–H groups in total. The van der Waals surface area contributed by atoms with Crippen LogP contribution in [0.25, 0.3) is 10.9 Å². The third-order valence-electron chi connectivity index (χ3n) is 2.52. The van der Waals surface area contributed by atoms with E-state index in [4.69, 9.17) is 16.3 Å². The number of benzene rings is 1. The molecule has 0 aliphatic carbocycles. The molecule has 2 rings (SSSR count). The smallest absolute Gasteiger partial charge is 0.339 e. The summed E-state index contributed by atoms with van der Waals surface area (Å²) < 4.78 is 4.91. The van der Waals surface area contributed by atoms with Crippen molar-refractivity contribution in [1.82, 2.24) is 10.3 Å². The molecule has 0 saturated heterocycles. The van der Waals surface area contributed by atoms with E-state index in [0.717, 1.165) is 0 Å². The third kappa shape index (κ3) is 3.00. The van der Waals surface area contributed by atoms with Crippen molar-refractivity contribution in [3.8, 4) is 0 Å². The van der Waals surface area contributed by atoms with Crippen LogP contribution in [0.2, 0.25) is 5.15 Å². The zero-order chi connectivity index (χ0) is 13.8. The van der Waals surface area contributed by atoms with Gasteiger partial charge in [0.25, 0.3) is 5.91 Å². The molecular formula is C13H11ClN2O3. The van der Waals surface area contributed by atoms with Crippen LogP contribution in [0.1, 0.15) is 10.4 Å². The number of carbonyl (C=O) groups is 2. The number of hydrogen-bond acceptors (Lipinski definition) is 4. The van der Waals surface area contributed by atoms with Gasteiger partial charge in [-0.3, -0.25) is 4.79 Å². The number of aromatic nitrogens is 1. The summed E-state index contributed by atoms with van der Waals surface area (Å²) in [6.07, 6.45) is 0. The van der Waals surface area contributed by atoms with E-state index >= 15 is 0 Å². The number of amides is 1. The Morgan fingerprint density at radius 1 is 1.37 bits per heavy atom. The molecule has 0 spiro atoms. The van der Waals surface area contributed by atoms with Crippen molar-refractivity contribution in [2.45, 2.75) is 0 Å². The van der Waals surface area contributed by atoms with Crippen LogP contribution < -0.4 is 5.32 Å². The predicted molar refractivity (Wildman–Crippen MR) is 71.1 cm³/mol. The van der Waals surface area contributed by atoms with Crippen molar-refractivity contribution in [2.24, 2.45) is 0 Å². The minimum absolute atomic E-state index is 0.200. The molecule has 0 atom stereocenters. The molecule has 0 radical (unpaired) electrons. The average Bonchev–Trinajstić information content (AvgIpc) is 2.43. The van der Waals surface area contributed by atoms with Gasteiger partial charge in [-0.05, 0) is 12.1 Å². The Hall–Kier alpha value is -2.14. The van der Waals surface area contributed by atoms with Gasteiger partial charge in [0, 0.05) is 12.4 Å². The zero-order valence-corrected chi connectivity index (χ0v) is 10.9. The van der Waals surface area contributed by atoms with Gasteiger partial charge in [-0.25, -0.2) is 9.78 Å². The molecule has 1 heterocycles. The van der Waals surface area contributed by atoms with Crippen LogP contribution in [0.3, 0.4) is 0 Å². The Balaban J connectivity index is 2.33. The maximum absolute atomic E-state index is 11.9. The summed E-state index contributed by atoms with van der Waals surface area (Å²) >= 11 is 5.86. The van der Waals surface area contributed by atoms with Crippen molar-refractivity contribution < 1.29 is 14.3 Å². The van der Waals surface area contributed by atoms with Crippen molar-refractivity contribution in [1.29, 1.82) is 0 Å². The second-order valence-corrected chi connectivity index (χ2v) is 4.15. The van der Waals surface area contributed by atoms with E-state index < -0.39 is 5.97 Å². The standard InChI is InChI=1S/C13H11ClN2O3/c1-15-12(17)7-19-13(18)9-6-11(14)16-10-5-3-2-4-8(9)10/h2-6H,7H2,1H3,(H,15,17). The first-order valence-electron chi connectivity index (χ1n) is 5.55. The molecule has 5 nitrogen and oxygen atoms in total. The number of nitrogens with zero attached hydrogens (tertiary/aromatic N) is 1. The molecule has 0 saturated carbocycles. The number of ether oxygens (including phenoxy) is 1. The molecular weight excluding hydrogens is 268 g/mol. The molecule has 0 bridgehead atoms. The summed E-state index contributed by atoms with van der Waals surface area (Å²) in [7, 11) is 1.47. The van der Waals surface area contributed by atoms with Gasteiger partial charge < -0.3 is 10.1 Å². The summed E-state index contributed by atoms with van der Waals surface area (Å²) in [5.41, 5.74) is 0.890. The zero-order valence-electron chi connectivity index (χ0n) is 10.1. The highest BCUT2D eigenvalue weighted by molar-refractivity contribution is 6.30. The molecule has 0 aliphatic rings. The van der Waals surface area contributed by atoms with E-state index in [2.05, 4.69) is 10.3 Å². The first kappa shape index (κ1) is 13.3. The SMILES string of the molecule is CNC(=O)COC(=O)c1cc(Cl)nc2ccccc12. The second-order valence-electron chi connectivity index (χ2n) is 3.76. The lowest BCUT2D eigenvalue weighted by atomic mass is 10.1. The Kier molecular flexibility index (Phi) is 3.97. The molecule has 2 aromatic rings. The quantitative estimate of drug-likeness (QED) is 0.686. The molecule has 98 valence electrons. The number of hydrogen-bond donors (Lipinski definition) is 1. The van der Waals surface area contributed by atoms with Gasteiger partial charge in [-0.1, -0.05) is 29.8 Å². The number of nitrogens with one attached hydrogen (secondary N) is 1. The topological polar surface area (TPSA) is 68.3 Å². The summed E-state index contributed by atoms with van der Waals surface area (Å²) in [4.78, 5) is 27.1. The van der Waals surface area contributed by atoms with Gasteiger partial charge in [-0.2, -0.15) is 0 Å². The van der Waals surface area contributed by atoms with E-state index in [0.29, 0.717) is 16.5 Å². The van der Waals surface area contributed by atoms with Crippen LogP contribution >= 0.6 is 11.6 Å². The van der Waals surface area contributed by atoms with Gasteiger partial charge in [0.05, 0.1) is 11.1 Å². The monoisotopic (exact) mass is 278 g/mol. The van der Waals surface area contributed by atoms with E-state index in [-0.39, 0.29) is 17.7 Å². The summed E-state index contributed by atoms with van der Waals surface area (Å²) in [6.45, 7) is -0.330. The molecule has 0 aliphatic heterocycles. The average molecular weight is 279 g/mol. The highest BCUT2D eigenvalue weighted by atomic mass is 35.5. The minimum atomic E-state index is -0.607. The van der Waals surface area contributed by atoms with Crippen LogP contribution in [0.5, 0.6) is 0 Å². The predicted octanol–water partition coefficient (Wildman–Crippen LogP) is 1.79. The lowest BCUT2D eigenvalue weighted by Gasteiger charge is -2.07. The van der Waals surface area contributed by atoms with Gasteiger partial charge in [0.15, 0.2) is 6.61 Å². The first-order valence-corrected chi connectivity index (χ1v) is 5.92. The van der Waals surface area contributed by atoms with Crippen molar-refractivity contribution in [3.63, 3.8) is 0 Å².